The third-order valence-electron chi connectivity index (χ3n) is 1.95. The second-order valence-electron chi connectivity index (χ2n) is 3.15. The average Bonchev–Trinajstić information content (AvgIpc) is 2.69. The van der Waals surface area contributed by atoms with Gasteiger partial charge in [-0.15, -0.1) is 6.58 Å². The fourth-order valence-corrected chi connectivity index (χ4v) is 0.771. The predicted molar refractivity (Wildman–Crippen MR) is 44.0 cm³/mol. The van der Waals surface area contributed by atoms with Gasteiger partial charge in [-0.25, -0.2) is 0 Å². The Morgan fingerprint density at radius 3 is 2.73 bits per heavy atom. The smallest absolute Gasteiger partial charge is 0.240 e. The minimum Gasteiger partial charge on any atom is -0.349 e. The van der Waals surface area contributed by atoms with Crippen LogP contribution in [-0.4, -0.2) is 17.5 Å². The molecule has 0 spiro atoms. The fraction of sp³-hybridized carbons (Fsp3) is 0.625. The van der Waals surface area contributed by atoms with Crippen LogP contribution in [0.3, 0.4) is 0 Å². The first-order valence-electron chi connectivity index (χ1n) is 3.81. The molecule has 62 valence electrons. The molecule has 3 nitrogen and oxygen atoms in total. The van der Waals surface area contributed by atoms with Crippen molar-refractivity contribution in [2.75, 3.05) is 0 Å². The van der Waals surface area contributed by atoms with Gasteiger partial charge in [0.05, 0.1) is 5.54 Å². The summed E-state index contributed by atoms with van der Waals surface area (Å²) in [6.45, 7) is 5.43. The summed E-state index contributed by atoms with van der Waals surface area (Å²) in [6.07, 6.45) is 3.30. The van der Waals surface area contributed by atoms with Crippen molar-refractivity contribution < 1.29 is 4.79 Å². The lowest BCUT2D eigenvalue weighted by molar-refractivity contribution is -0.123. The minimum absolute atomic E-state index is 0.0172. The van der Waals surface area contributed by atoms with Gasteiger partial charge in [0.2, 0.25) is 5.91 Å². The number of hydrogen-bond donors (Lipinski definition) is 2. The number of rotatable bonds is 3. The third kappa shape index (κ3) is 1.80. The monoisotopic (exact) mass is 154 g/mol. The maximum Gasteiger partial charge on any atom is 0.240 e. The Bertz CT molecular complexity index is 185. The lowest BCUT2D eigenvalue weighted by atomic mass is 10.2. The zero-order valence-corrected chi connectivity index (χ0v) is 6.76. The zero-order valence-electron chi connectivity index (χ0n) is 6.76. The number of nitrogens with two attached hydrogens (primary N) is 1. The molecule has 1 amide bonds. The Hall–Kier alpha value is -0.830. The number of carbonyl (C=O) groups is 1. The number of amides is 1. The molecule has 0 bridgehead atoms. The lowest BCUT2D eigenvalue weighted by Gasteiger charge is -2.12. The molecule has 1 saturated carbocycles. The fourth-order valence-electron chi connectivity index (χ4n) is 0.771. The molecule has 1 aliphatic rings. The maximum atomic E-state index is 11.2. The first-order valence-corrected chi connectivity index (χ1v) is 3.81. The summed E-state index contributed by atoms with van der Waals surface area (Å²) in [4.78, 5) is 11.2. The van der Waals surface area contributed by atoms with Crippen LogP contribution in [0.1, 0.15) is 19.8 Å². The van der Waals surface area contributed by atoms with E-state index in [-0.39, 0.29) is 11.9 Å². The minimum atomic E-state index is -0.558. The van der Waals surface area contributed by atoms with E-state index in [0.29, 0.717) is 0 Å². The van der Waals surface area contributed by atoms with Crippen LogP contribution in [0.15, 0.2) is 12.7 Å². The van der Waals surface area contributed by atoms with Gasteiger partial charge in [0.1, 0.15) is 0 Å². The van der Waals surface area contributed by atoms with Gasteiger partial charge in [0.15, 0.2) is 0 Å². The quantitative estimate of drug-likeness (QED) is 0.569. The first kappa shape index (κ1) is 8.27. The zero-order chi connectivity index (χ0) is 8.48. The van der Waals surface area contributed by atoms with Crippen LogP contribution in [0.2, 0.25) is 0 Å². The molecule has 1 rings (SSSR count). The molecule has 1 unspecified atom stereocenters. The van der Waals surface area contributed by atoms with Crippen LogP contribution in [0.4, 0.5) is 0 Å². The van der Waals surface area contributed by atoms with E-state index in [0.717, 1.165) is 12.8 Å². The van der Waals surface area contributed by atoms with Crippen molar-refractivity contribution in [3.8, 4) is 0 Å². The van der Waals surface area contributed by atoms with Gasteiger partial charge in [-0.2, -0.15) is 0 Å². The van der Waals surface area contributed by atoms with Crippen LogP contribution >= 0.6 is 0 Å². The summed E-state index contributed by atoms with van der Waals surface area (Å²) < 4.78 is 0. The molecule has 11 heavy (non-hydrogen) atoms. The van der Waals surface area contributed by atoms with Crippen molar-refractivity contribution in [1.29, 1.82) is 0 Å². The van der Waals surface area contributed by atoms with Crippen molar-refractivity contribution in [3.63, 3.8) is 0 Å². The maximum absolute atomic E-state index is 11.2. The Balaban J connectivity index is 2.37. The largest absolute Gasteiger partial charge is 0.349 e. The summed E-state index contributed by atoms with van der Waals surface area (Å²) in [5, 5.41) is 2.75. The number of carbonyl (C=O) groups excluding carboxylic acids is 1. The topological polar surface area (TPSA) is 55.1 Å². The molecule has 0 aromatic carbocycles. The molecule has 3 N–H and O–H groups in total. The van der Waals surface area contributed by atoms with Crippen LogP contribution in [0.5, 0.6) is 0 Å². The second kappa shape index (κ2) is 2.66. The van der Waals surface area contributed by atoms with E-state index in [1.807, 2.05) is 6.92 Å². The van der Waals surface area contributed by atoms with Gasteiger partial charge in [0.25, 0.3) is 0 Å². The van der Waals surface area contributed by atoms with Gasteiger partial charge in [-0.3, -0.25) is 4.79 Å². The van der Waals surface area contributed by atoms with Gasteiger partial charge >= 0.3 is 0 Å². The van der Waals surface area contributed by atoms with Crippen molar-refractivity contribution in [2.45, 2.75) is 31.3 Å². The highest BCUT2D eigenvalue weighted by atomic mass is 16.2. The molecule has 1 aliphatic carbocycles. The molecular formula is C8H14N2O. The third-order valence-corrected chi connectivity index (χ3v) is 1.95. The van der Waals surface area contributed by atoms with E-state index in [1.54, 1.807) is 6.08 Å². The van der Waals surface area contributed by atoms with Crippen molar-refractivity contribution in [2.24, 2.45) is 5.73 Å². The molecule has 0 aromatic heterocycles. The van der Waals surface area contributed by atoms with Gasteiger partial charge < -0.3 is 11.1 Å². The predicted octanol–water partition coefficient (Wildman–Crippen LogP) is 0.168. The highest BCUT2D eigenvalue weighted by Crippen LogP contribution is 2.32. The SMILES string of the molecule is C=CC(C)NC(=O)C1(N)CC1. The van der Waals surface area contributed by atoms with Crippen molar-refractivity contribution in [3.05, 3.63) is 12.7 Å². The van der Waals surface area contributed by atoms with E-state index < -0.39 is 5.54 Å². The molecule has 0 heterocycles. The van der Waals surface area contributed by atoms with Crippen LogP contribution in [-0.2, 0) is 4.79 Å². The molecule has 0 aromatic rings. The summed E-state index contributed by atoms with van der Waals surface area (Å²) in [7, 11) is 0. The molecular weight excluding hydrogens is 140 g/mol. The Morgan fingerprint density at radius 2 is 2.36 bits per heavy atom. The Morgan fingerprint density at radius 1 is 1.82 bits per heavy atom. The van der Waals surface area contributed by atoms with E-state index in [1.165, 1.54) is 0 Å². The normalized spacial score (nSPS) is 22.0. The highest BCUT2D eigenvalue weighted by molar-refractivity contribution is 5.89. The van der Waals surface area contributed by atoms with Gasteiger partial charge in [-0.1, -0.05) is 6.08 Å². The van der Waals surface area contributed by atoms with Crippen LogP contribution < -0.4 is 11.1 Å². The molecule has 0 radical (unpaired) electrons. The van der Waals surface area contributed by atoms with E-state index >= 15 is 0 Å². The van der Waals surface area contributed by atoms with Crippen LogP contribution in [0.25, 0.3) is 0 Å². The summed E-state index contributed by atoms with van der Waals surface area (Å²) >= 11 is 0. The molecule has 0 saturated heterocycles. The van der Waals surface area contributed by atoms with Crippen LogP contribution in [0, 0.1) is 0 Å². The van der Waals surface area contributed by atoms with E-state index in [9.17, 15) is 4.79 Å². The standard InChI is InChI=1S/C8H14N2O/c1-3-6(2)10-7(11)8(9)4-5-8/h3,6H,1,4-5,9H2,2H3,(H,10,11). The Kier molecular flexibility index (Phi) is 2.00. The molecule has 3 heteroatoms. The van der Waals surface area contributed by atoms with Crippen molar-refractivity contribution >= 4 is 5.91 Å². The summed E-state index contributed by atoms with van der Waals surface area (Å²) in [6, 6.07) is 0.0172. The van der Waals surface area contributed by atoms with Crippen molar-refractivity contribution in [1.82, 2.24) is 5.32 Å². The van der Waals surface area contributed by atoms with Gasteiger partial charge in [-0.05, 0) is 19.8 Å². The molecule has 0 aliphatic heterocycles. The second-order valence-corrected chi connectivity index (χ2v) is 3.15. The Labute approximate surface area is 66.6 Å². The lowest BCUT2D eigenvalue weighted by Crippen LogP contribution is -2.45. The molecule has 1 fully saturated rings. The summed E-state index contributed by atoms with van der Waals surface area (Å²) in [5.74, 6) is -0.0510. The number of nitrogens with one attached hydrogen (secondary N) is 1. The summed E-state index contributed by atoms with van der Waals surface area (Å²) in [5.41, 5.74) is 5.09. The first-order chi connectivity index (χ1) is 5.08. The highest BCUT2D eigenvalue weighted by Gasteiger charge is 2.45. The number of hydrogen-bond acceptors (Lipinski definition) is 2. The molecule has 1 atom stereocenters. The van der Waals surface area contributed by atoms with E-state index in [2.05, 4.69) is 11.9 Å². The van der Waals surface area contributed by atoms with E-state index in [4.69, 9.17) is 5.73 Å². The average molecular weight is 154 g/mol. The van der Waals surface area contributed by atoms with Gasteiger partial charge in [0, 0.05) is 6.04 Å².